The van der Waals surface area contributed by atoms with Gasteiger partial charge in [-0.05, 0) is 18.2 Å². The second-order valence-electron chi connectivity index (χ2n) is 5.10. The first-order valence-corrected chi connectivity index (χ1v) is 9.28. The molecule has 7 nitrogen and oxygen atoms in total. The van der Waals surface area contributed by atoms with E-state index in [-0.39, 0.29) is 22.4 Å². The van der Waals surface area contributed by atoms with E-state index in [1.165, 1.54) is 18.5 Å². The number of carbonyl (C=O) groups excluding carboxylic acids is 1. The van der Waals surface area contributed by atoms with Crippen LogP contribution in [0.3, 0.4) is 0 Å². The molecule has 0 saturated carbocycles. The van der Waals surface area contributed by atoms with Crippen LogP contribution in [0, 0.1) is 0 Å². The standard InChI is InChI=1S/C15H14Cl2N4O3S/c16-11-2-1-10(9-12(11)17)25(23)20-14-13(18-3-4-19-14)15(22)21-5-7-24-8-6-21/h1-4,9H,5-8H2,(H,19,20). The number of aromatic nitrogens is 2. The second kappa shape index (κ2) is 8.09. The molecule has 1 atom stereocenters. The minimum absolute atomic E-state index is 0.109. The van der Waals surface area contributed by atoms with E-state index in [2.05, 4.69) is 14.7 Å². The fourth-order valence-electron chi connectivity index (χ4n) is 2.22. The number of nitrogens with zero attached hydrogens (tertiary/aromatic N) is 3. The van der Waals surface area contributed by atoms with Crippen LogP contribution in [-0.2, 0) is 15.7 Å². The van der Waals surface area contributed by atoms with Gasteiger partial charge >= 0.3 is 0 Å². The molecule has 1 fully saturated rings. The molecule has 1 aromatic heterocycles. The molecule has 2 heterocycles. The molecule has 0 radical (unpaired) electrons. The minimum Gasteiger partial charge on any atom is -0.378 e. The third kappa shape index (κ3) is 4.27. The van der Waals surface area contributed by atoms with E-state index in [4.69, 9.17) is 27.9 Å². The molecule has 0 aliphatic carbocycles. The van der Waals surface area contributed by atoms with Crippen molar-refractivity contribution in [2.24, 2.45) is 0 Å². The Labute approximate surface area is 156 Å². The summed E-state index contributed by atoms with van der Waals surface area (Å²) < 4.78 is 20.5. The summed E-state index contributed by atoms with van der Waals surface area (Å²) in [4.78, 5) is 22.8. The van der Waals surface area contributed by atoms with Crippen molar-refractivity contribution in [2.75, 3.05) is 31.0 Å². The van der Waals surface area contributed by atoms with Gasteiger partial charge in [0.15, 0.2) is 22.5 Å². The summed E-state index contributed by atoms with van der Waals surface area (Å²) in [6.45, 7) is 1.91. The minimum atomic E-state index is -1.68. The molecule has 1 aliphatic heterocycles. The lowest BCUT2D eigenvalue weighted by Crippen LogP contribution is -2.41. The van der Waals surface area contributed by atoms with Crippen molar-refractivity contribution < 1.29 is 13.7 Å². The Morgan fingerprint density at radius 2 is 1.88 bits per heavy atom. The lowest BCUT2D eigenvalue weighted by atomic mass is 10.3. The van der Waals surface area contributed by atoms with Crippen LogP contribution in [0.1, 0.15) is 10.5 Å². The molecule has 1 saturated heterocycles. The number of nitrogens with one attached hydrogen (secondary N) is 1. The molecule has 2 aromatic rings. The van der Waals surface area contributed by atoms with Crippen molar-refractivity contribution in [2.45, 2.75) is 4.90 Å². The summed E-state index contributed by atoms with van der Waals surface area (Å²) >= 11 is 11.8. The summed E-state index contributed by atoms with van der Waals surface area (Å²) in [5.41, 5.74) is 0.109. The van der Waals surface area contributed by atoms with Gasteiger partial charge in [-0.25, -0.2) is 14.2 Å². The summed E-state index contributed by atoms with van der Waals surface area (Å²) in [7, 11) is -1.68. The van der Waals surface area contributed by atoms with Gasteiger partial charge in [-0.2, -0.15) is 0 Å². The number of hydrogen-bond donors (Lipinski definition) is 1. The highest BCUT2D eigenvalue weighted by Gasteiger charge is 2.24. The molecule has 25 heavy (non-hydrogen) atoms. The predicted molar refractivity (Wildman–Crippen MR) is 95.2 cm³/mol. The van der Waals surface area contributed by atoms with E-state index in [0.29, 0.717) is 36.2 Å². The van der Waals surface area contributed by atoms with Crippen LogP contribution >= 0.6 is 23.2 Å². The number of ether oxygens (including phenoxy) is 1. The van der Waals surface area contributed by atoms with Crippen molar-refractivity contribution in [1.29, 1.82) is 0 Å². The van der Waals surface area contributed by atoms with E-state index in [1.54, 1.807) is 17.0 Å². The van der Waals surface area contributed by atoms with Gasteiger partial charge in [0.25, 0.3) is 5.91 Å². The van der Waals surface area contributed by atoms with Gasteiger partial charge in [-0.3, -0.25) is 9.52 Å². The number of anilines is 1. The van der Waals surface area contributed by atoms with E-state index < -0.39 is 11.0 Å². The van der Waals surface area contributed by atoms with Crippen LogP contribution in [-0.4, -0.2) is 51.3 Å². The van der Waals surface area contributed by atoms with Gasteiger partial charge < -0.3 is 9.64 Å². The Balaban J connectivity index is 1.81. The molecule has 0 bridgehead atoms. The number of rotatable bonds is 4. The van der Waals surface area contributed by atoms with Gasteiger partial charge in [0, 0.05) is 25.5 Å². The molecule has 132 valence electrons. The molecular formula is C15H14Cl2N4O3S. The van der Waals surface area contributed by atoms with Crippen molar-refractivity contribution in [1.82, 2.24) is 14.9 Å². The third-order valence-electron chi connectivity index (χ3n) is 3.49. The smallest absolute Gasteiger partial charge is 0.276 e. The zero-order valence-electron chi connectivity index (χ0n) is 12.9. The first-order chi connectivity index (χ1) is 12.1. The Kier molecular flexibility index (Phi) is 5.85. The van der Waals surface area contributed by atoms with Gasteiger partial charge in [0.1, 0.15) is 0 Å². The molecular weight excluding hydrogens is 387 g/mol. The highest BCUT2D eigenvalue weighted by atomic mass is 35.5. The van der Waals surface area contributed by atoms with Gasteiger partial charge in [-0.1, -0.05) is 23.2 Å². The van der Waals surface area contributed by atoms with E-state index in [0.717, 1.165) is 0 Å². The van der Waals surface area contributed by atoms with Gasteiger partial charge in [-0.15, -0.1) is 0 Å². The van der Waals surface area contributed by atoms with E-state index in [9.17, 15) is 9.00 Å². The number of benzene rings is 1. The predicted octanol–water partition coefficient (Wildman–Crippen LogP) is 2.39. The largest absolute Gasteiger partial charge is 0.378 e. The third-order valence-corrected chi connectivity index (χ3v) is 5.29. The molecule has 10 heteroatoms. The fraction of sp³-hybridized carbons (Fsp3) is 0.267. The van der Waals surface area contributed by atoms with Crippen LogP contribution in [0.15, 0.2) is 35.5 Å². The molecule has 3 rings (SSSR count). The van der Waals surface area contributed by atoms with Crippen LogP contribution in [0.2, 0.25) is 10.0 Å². The highest BCUT2D eigenvalue weighted by molar-refractivity contribution is 7.86. The van der Waals surface area contributed by atoms with Crippen LogP contribution in [0.4, 0.5) is 5.82 Å². The molecule has 1 aliphatic rings. The first-order valence-electron chi connectivity index (χ1n) is 7.38. The number of halogens is 2. The number of hydrogen-bond acceptors (Lipinski definition) is 5. The summed E-state index contributed by atoms with van der Waals surface area (Å²) in [6, 6.07) is 4.62. The maximum atomic E-state index is 12.6. The molecule has 1 unspecified atom stereocenters. The topological polar surface area (TPSA) is 84.4 Å². The van der Waals surface area contributed by atoms with Gasteiger partial charge in [0.05, 0.1) is 28.2 Å². The van der Waals surface area contributed by atoms with E-state index in [1.807, 2.05) is 0 Å². The Hall–Kier alpha value is -1.74. The lowest BCUT2D eigenvalue weighted by Gasteiger charge is -2.26. The maximum absolute atomic E-state index is 12.6. The Morgan fingerprint density at radius 3 is 2.60 bits per heavy atom. The average molecular weight is 401 g/mol. The lowest BCUT2D eigenvalue weighted by molar-refractivity contribution is 0.0299. The van der Waals surface area contributed by atoms with E-state index >= 15 is 0 Å². The average Bonchev–Trinajstić information content (AvgIpc) is 2.64. The number of amides is 1. The zero-order valence-corrected chi connectivity index (χ0v) is 15.3. The highest BCUT2D eigenvalue weighted by Crippen LogP contribution is 2.25. The van der Waals surface area contributed by atoms with Crippen LogP contribution in [0.25, 0.3) is 0 Å². The fourth-order valence-corrected chi connectivity index (χ4v) is 3.45. The Bertz CT molecular complexity index is 815. The second-order valence-corrected chi connectivity index (χ2v) is 7.13. The molecule has 1 amide bonds. The normalized spacial score (nSPS) is 15.7. The van der Waals surface area contributed by atoms with Crippen LogP contribution in [0.5, 0.6) is 0 Å². The Morgan fingerprint density at radius 1 is 1.16 bits per heavy atom. The summed E-state index contributed by atoms with van der Waals surface area (Å²) in [5, 5.41) is 0.656. The monoisotopic (exact) mass is 400 g/mol. The van der Waals surface area contributed by atoms with Crippen molar-refractivity contribution in [3.8, 4) is 0 Å². The molecule has 1 N–H and O–H groups in total. The van der Waals surface area contributed by atoms with Crippen molar-refractivity contribution in [3.05, 3.63) is 46.3 Å². The van der Waals surface area contributed by atoms with Crippen LogP contribution < -0.4 is 4.72 Å². The first kappa shape index (κ1) is 18.1. The molecule has 0 spiro atoms. The zero-order chi connectivity index (χ0) is 17.8. The number of carbonyl (C=O) groups is 1. The SMILES string of the molecule is O=C(c1nccnc1NS(=O)c1ccc(Cl)c(Cl)c1)N1CCOCC1. The van der Waals surface area contributed by atoms with Gasteiger partial charge in [0.2, 0.25) is 0 Å². The number of morpholine rings is 1. The van der Waals surface area contributed by atoms with Crippen molar-refractivity contribution >= 4 is 45.9 Å². The maximum Gasteiger partial charge on any atom is 0.276 e. The molecule has 1 aromatic carbocycles. The summed E-state index contributed by atoms with van der Waals surface area (Å²) in [5.74, 6) is -0.145. The van der Waals surface area contributed by atoms with Crippen molar-refractivity contribution in [3.63, 3.8) is 0 Å². The quantitative estimate of drug-likeness (QED) is 0.851. The summed E-state index contributed by atoms with van der Waals surface area (Å²) in [6.07, 6.45) is 2.84.